The van der Waals surface area contributed by atoms with Gasteiger partial charge < -0.3 is 14.8 Å². The highest BCUT2D eigenvalue weighted by Crippen LogP contribution is 2.29. The largest absolute Gasteiger partial charge is 0.490 e. The van der Waals surface area contributed by atoms with Crippen molar-refractivity contribution in [2.24, 2.45) is 0 Å². The first-order valence-corrected chi connectivity index (χ1v) is 8.14. The Morgan fingerprint density at radius 1 is 1.14 bits per heavy atom. The zero-order valence-corrected chi connectivity index (χ0v) is 13.2. The average molecular weight is 289 g/mol. The van der Waals surface area contributed by atoms with Crippen molar-refractivity contribution in [1.29, 1.82) is 0 Å². The van der Waals surface area contributed by atoms with Crippen LogP contribution in [0.15, 0.2) is 24.3 Å². The lowest BCUT2D eigenvalue weighted by molar-refractivity contribution is 0.268. The van der Waals surface area contributed by atoms with Gasteiger partial charge in [0.05, 0.1) is 13.2 Å². The number of nitrogens with one attached hydrogen (secondary N) is 1. The molecule has 1 atom stereocenters. The molecule has 1 aromatic carbocycles. The van der Waals surface area contributed by atoms with Gasteiger partial charge in [0.1, 0.15) is 0 Å². The van der Waals surface area contributed by atoms with Gasteiger partial charge in [-0.2, -0.15) is 0 Å². The molecule has 21 heavy (non-hydrogen) atoms. The first-order chi connectivity index (χ1) is 10.3. The number of hydrogen-bond donors (Lipinski definition) is 1. The van der Waals surface area contributed by atoms with E-state index >= 15 is 0 Å². The van der Waals surface area contributed by atoms with Crippen LogP contribution in [0.4, 0.5) is 0 Å². The summed E-state index contributed by atoms with van der Waals surface area (Å²) in [6.45, 7) is 6.80. The summed E-state index contributed by atoms with van der Waals surface area (Å²) in [4.78, 5) is 0. The molecule has 0 spiro atoms. The van der Waals surface area contributed by atoms with Crippen molar-refractivity contribution in [1.82, 2.24) is 5.32 Å². The van der Waals surface area contributed by atoms with Crippen molar-refractivity contribution in [3.63, 3.8) is 0 Å². The maximum Gasteiger partial charge on any atom is 0.161 e. The van der Waals surface area contributed by atoms with Crippen molar-refractivity contribution in [2.45, 2.75) is 45.6 Å². The molecule has 1 fully saturated rings. The van der Waals surface area contributed by atoms with Crippen molar-refractivity contribution in [3.05, 3.63) is 29.8 Å². The van der Waals surface area contributed by atoms with Crippen LogP contribution in [-0.2, 0) is 0 Å². The summed E-state index contributed by atoms with van der Waals surface area (Å²) in [6.07, 6.45) is 8.92. The van der Waals surface area contributed by atoms with Gasteiger partial charge >= 0.3 is 0 Å². The molecule has 1 aliphatic rings. The fraction of sp³-hybridized carbons (Fsp3) is 0.556. The monoisotopic (exact) mass is 289 g/mol. The number of rotatable bonds is 8. The van der Waals surface area contributed by atoms with Gasteiger partial charge in [-0.1, -0.05) is 32.1 Å². The number of ether oxygens (including phenoxy) is 2. The van der Waals surface area contributed by atoms with Crippen molar-refractivity contribution >= 4 is 6.08 Å². The lowest BCUT2D eigenvalue weighted by Crippen LogP contribution is -2.17. The second kappa shape index (κ2) is 8.73. The lowest BCUT2D eigenvalue weighted by Gasteiger charge is -2.13. The first-order valence-electron chi connectivity index (χ1n) is 8.14. The van der Waals surface area contributed by atoms with Gasteiger partial charge in [0.2, 0.25) is 0 Å². The van der Waals surface area contributed by atoms with Crippen LogP contribution in [0, 0.1) is 0 Å². The van der Waals surface area contributed by atoms with Crippen molar-refractivity contribution < 1.29 is 9.47 Å². The second-order valence-electron chi connectivity index (χ2n) is 5.47. The molecular weight excluding hydrogens is 262 g/mol. The minimum absolute atomic E-state index is 0.515. The van der Waals surface area contributed by atoms with Gasteiger partial charge in [-0.3, -0.25) is 0 Å². The molecular formula is C18H27NO2. The van der Waals surface area contributed by atoms with E-state index in [0.717, 1.165) is 44.1 Å². The Kier molecular flexibility index (Phi) is 6.61. The van der Waals surface area contributed by atoms with E-state index < -0.39 is 0 Å². The highest BCUT2D eigenvalue weighted by Gasteiger charge is 2.10. The molecule has 0 bridgehead atoms. The van der Waals surface area contributed by atoms with E-state index in [1.54, 1.807) is 0 Å². The summed E-state index contributed by atoms with van der Waals surface area (Å²) < 4.78 is 11.6. The topological polar surface area (TPSA) is 30.5 Å². The predicted octanol–water partition coefficient (Wildman–Crippen LogP) is 4.03. The maximum atomic E-state index is 5.82. The van der Waals surface area contributed by atoms with Gasteiger partial charge in [-0.15, -0.1) is 0 Å². The van der Waals surface area contributed by atoms with Gasteiger partial charge in [0.25, 0.3) is 0 Å². The SMILES string of the molecule is CCCOc1ccc(/C=C/C2CCCN2)cc1OCCC. The van der Waals surface area contributed by atoms with Gasteiger partial charge in [-0.25, -0.2) is 0 Å². The van der Waals surface area contributed by atoms with Gasteiger partial charge in [0.15, 0.2) is 11.5 Å². The van der Waals surface area contributed by atoms with E-state index in [-0.39, 0.29) is 0 Å². The third kappa shape index (κ3) is 5.09. The highest BCUT2D eigenvalue weighted by molar-refractivity contribution is 5.56. The molecule has 1 unspecified atom stereocenters. The minimum atomic E-state index is 0.515. The van der Waals surface area contributed by atoms with E-state index in [9.17, 15) is 0 Å². The van der Waals surface area contributed by atoms with Crippen LogP contribution in [0.5, 0.6) is 11.5 Å². The Balaban J connectivity index is 2.07. The molecule has 0 aromatic heterocycles. The fourth-order valence-corrected chi connectivity index (χ4v) is 2.39. The highest BCUT2D eigenvalue weighted by atomic mass is 16.5. The second-order valence-corrected chi connectivity index (χ2v) is 5.47. The summed E-state index contributed by atoms with van der Waals surface area (Å²) in [6, 6.07) is 6.70. The van der Waals surface area contributed by atoms with Crippen LogP contribution in [0.25, 0.3) is 6.08 Å². The third-order valence-corrected chi connectivity index (χ3v) is 3.51. The van der Waals surface area contributed by atoms with Crippen LogP contribution in [0.1, 0.15) is 45.1 Å². The fourth-order valence-electron chi connectivity index (χ4n) is 2.39. The molecule has 116 valence electrons. The summed E-state index contributed by atoms with van der Waals surface area (Å²) in [5.41, 5.74) is 1.17. The summed E-state index contributed by atoms with van der Waals surface area (Å²) in [5, 5.41) is 3.47. The Morgan fingerprint density at radius 2 is 1.90 bits per heavy atom. The first kappa shape index (κ1) is 15.9. The zero-order chi connectivity index (χ0) is 14.9. The van der Waals surface area contributed by atoms with Crippen LogP contribution < -0.4 is 14.8 Å². The molecule has 0 aliphatic carbocycles. The predicted molar refractivity (Wildman–Crippen MR) is 88.1 cm³/mol. The molecule has 1 saturated heterocycles. The van der Waals surface area contributed by atoms with Gasteiger partial charge in [0, 0.05) is 6.04 Å². The Hall–Kier alpha value is -1.48. The average Bonchev–Trinajstić information content (AvgIpc) is 3.03. The van der Waals surface area contributed by atoms with E-state index in [4.69, 9.17) is 9.47 Å². The maximum absolute atomic E-state index is 5.82. The van der Waals surface area contributed by atoms with Crippen LogP contribution in [0.2, 0.25) is 0 Å². The van der Waals surface area contributed by atoms with E-state index in [2.05, 4.69) is 43.4 Å². The molecule has 1 N–H and O–H groups in total. The number of benzene rings is 1. The summed E-state index contributed by atoms with van der Waals surface area (Å²) in [5.74, 6) is 1.70. The zero-order valence-electron chi connectivity index (χ0n) is 13.2. The lowest BCUT2D eigenvalue weighted by atomic mass is 10.1. The summed E-state index contributed by atoms with van der Waals surface area (Å²) in [7, 11) is 0. The third-order valence-electron chi connectivity index (χ3n) is 3.51. The Bertz CT molecular complexity index is 451. The number of hydrogen-bond acceptors (Lipinski definition) is 3. The molecule has 3 heteroatoms. The Labute approximate surface area is 128 Å². The van der Waals surface area contributed by atoms with Crippen LogP contribution >= 0.6 is 0 Å². The van der Waals surface area contributed by atoms with Crippen molar-refractivity contribution in [3.8, 4) is 11.5 Å². The summed E-state index contributed by atoms with van der Waals surface area (Å²) >= 11 is 0. The molecule has 0 amide bonds. The molecule has 2 rings (SSSR count). The normalized spacial score (nSPS) is 18.3. The minimum Gasteiger partial charge on any atom is -0.490 e. The van der Waals surface area contributed by atoms with Crippen LogP contribution in [-0.4, -0.2) is 25.8 Å². The molecule has 1 aromatic rings. The molecule has 0 radical (unpaired) electrons. The molecule has 0 saturated carbocycles. The van der Waals surface area contributed by atoms with Gasteiger partial charge in [-0.05, 0) is 49.9 Å². The smallest absolute Gasteiger partial charge is 0.161 e. The van der Waals surface area contributed by atoms with E-state index in [0.29, 0.717) is 6.04 Å². The standard InChI is InChI=1S/C18H27NO2/c1-3-12-20-17-10-8-15(14-18(17)21-13-4-2)7-9-16-6-5-11-19-16/h7-10,14,16,19H,3-6,11-13H2,1-2H3/b9-7+. The van der Waals surface area contributed by atoms with E-state index in [1.165, 1.54) is 18.4 Å². The molecule has 3 nitrogen and oxygen atoms in total. The van der Waals surface area contributed by atoms with E-state index in [1.807, 2.05) is 6.07 Å². The molecule has 1 heterocycles. The van der Waals surface area contributed by atoms with Crippen LogP contribution in [0.3, 0.4) is 0 Å². The Morgan fingerprint density at radius 3 is 2.57 bits per heavy atom. The quantitative estimate of drug-likeness (QED) is 0.784. The van der Waals surface area contributed by atoms with Crippen molar-refractivity contribution in [2.75, 3.05) is 19.8 Å². The molecule has 1 aliphatic heterocycles.